The highest BCUT2D eigenvalue weighted by molar-refractivity contribution is 7.95. The van der Waals surface area contributed by atoms with E-state index in [1.807, 2.05) is 19.0 Å². The predicted octanol–water partition coefficient (Wildman–Crippen LogP) is 2.03. The van der Waals surface area contributed by atoms with Crippen molar-refractivity contribution in [1.29, 1.82) is 0 Å². The molecule has 0 atom stereocenters. The molecule has 1 aromatic rings. The topological polar surface area (TPSA) is 37.4 Å². The van der Waals surface area contributed by atoms with Gasteiger partial charge in [0.15, 0.2) is 0 Å². The molecule has 0 aliphatic carbocycles. The molecular formula is C11H12ClNO2S. The summed E-state index contributed by atoms with van der Waals surface area (Å²) >= 11 is 5.88. The minimum atomic E-state index is -3.26. The van der Waals surface area contributed by atoms with E-state index in [4.69, 9.17) is 11.6 Å². The van der Waals surface area contributed by atoms with Gasteiger partial charge in [-0.2, -0.15) is 0 Å². The molecule has 16 heavy (non-hydrogen) atoms. The van der Waals surface area contributed by atoms with Crippen LogP contribution in [0, 0.1) is 0 Å². The highest BCUT2D eigenvalue weighted by Crippen LogP contribution is 2.35. The summed E-state index contributed by atoms with van der Waals surface area (Å²) in [5.74, 6) is 0. The summed E-state index contributed by atoms with van der Waals surface area (Å²) < 4.78 is 23.6. The van der Waals surface area contributed by atoms with Gasteiger partial charge in [0, 0.05) is 22.5 Å². The van der Waals surface area contributed by atoms with Gasteiger partial charge in [-0.3, -0.25) is 0 Å². The molecule has 0 fully saturated rings. The summed E-state index contributed by atoms with van der Waals surface area (Å²) in [6, 6.07) is 4.87. The Kier molecular flexibility index (Phi) is 2.82. The molecule has 0 unspecified atom stereocenters. The second-order valence-electron chi connectivity index (χ2n) is 4.07. The normalized spacial score (nSPS) is 17.4. The Bertz CT molecular complexity index is 561. The van der Waals surface area contributed by atoms with Crippen molar-refractivity contribution in [2.45, 2.75) is 4.90 Å². The summed E-state index contributed by atoms with van der Waals surface area (Å²) in [5.41, 5.74) is 1.52. The van der Waals surface area contributed by atoms with E-state index >= 15 is 0 Å². The van der Waals surface area contributed by atoms with E-state index in [0.29, 0.717) is 16.5 Å². The Morgan fingerprint density at radius 2 is 2.00 bits per heavy atom. The van der Waals surface area contributed by atoms with Gasteiger partial charge in [0.2, 0.25) is 9.84 Å². The average Bonchev–Trinajstić information content (AvgIpc) is 2.37. The van der Waals surface area contributed by atoms with Gasteiger partial charge >= 0.3 is 0 Å². The molecule has 0 saturated heterocycles. The van der Waals surface area contributed by atoms with Crippen molar-refractivity contribution >= 4 is 27.0 Å². The number of nitrogens with zero attached hydrogens (tertiary/aromatic N) is 1. The van der Waals surface area contributed by atoms with Gasteiger partial charge in [-0.25, -0.2) is 8.42 Å². The predicted molar refractivity (Wildman–Crippen MR) is 65.2 cm³/mol. The van der Waals surface area contributed by atoms with Crippen LogP contribution >= 0.6 is 11.6 Å². The van der Waals surface area contributed by atoms with E-state index in [1.54, 1.807) is 18.2 Å². The van der Waals surface area contributed by atoms with E-state index in [2.05, 4.69) is 0 Å². The van der Waals surface area contributed by atoms with Gasteiger partial charge in [-0.05, 0) is 37.9 Å². The second-order valence-corrected chi connectivity index (χ2v) is 6.27. The minimum absolute atomic E-state index is 0.355. The number of rotatable bonds is 2. The first-order chi connectivity index (χ1) is 7.40. The molecule has 5 heteroatoms. The van der Waals surface area contributed by atoms with Crippen LogP contribution in [0.1, 0.15) is 5.56 Å². The monoisotopic (exact) mass is 257 g/mol. The van der Waals surface area contributed by atoms with Gasteiger partial charge in [0.1, 0.15) is 0 Å². The lowest BCUT2D eigenvalue weighted by Gasteiger charge is -2.11. The number of fused-ring (bicyclic) bond motifs is 1. The van der Waals surface area contributed by atoms with E-state index in [0.717, 1.165) is 11.1 Å². The number of benzene rings is 1. The fraction of sp³-hybridized carbons (Fsp3) is 0.273. The van der Waals surface area contributed by atoms with Gasteiger partial charge < -0.3 is 4.90 Å². The number of hydrogen-bond acceptors (Lipinski definition) is 3. The molecule has 1 aliphatic heterocycles. The van der Waals surface area contributed by atoms with Crippen molar-refractivity contribution in [2.24, 2.45) is 0 Å². The molecule has 0 spiro atoms. The van der Waals surface area contributed by atoms with Crippen LogP contribution in [-0.4, -0.2) is 34.0 Å². The third-order valence-corrected chi connectivity index (χ3v) is 4.18. The van der Waals surface area contributed by atoms with Crippen LogP contribution in [0.3, 0.4) is 0 Å². The highest BCUT2D eigenvalue weighted by Gasteiger charge is 2.26. The Hall–Kier alpha value is -0.840. The number of sulfone groups is 1. The molecule has 1 aromatic carbocycles. The van der Waals surface area contributed by atoms with Crippen molar-refractivity contribution in [3.63, 3.8) is 0 Å². The zero-order valence-electron chi connectivity index (χ0n) is 9.07. The average molecular weight is 258 g/mol. The first-order valence-electron chi connectivity index (χ1n) is 4.80. The maximum absolute atomic E-state index is 11.8. The fourth-order valence-electron chi connectivity index (χ4n) is 1.78. The Labute approximate surface area is 100 Å². The van der Waals surface area contributed by atoms with Crippen molar-refractivity contribution in [2.75, 3.05) is 20.6 Å². The zero-order chi connectivity index (χ0) is 11.9. The van der Waals surface area contributed by atoms with Crippen LogP contribution in [0.5, 0.6) is 0 Å². The van der Waals surface area contributed by atoms with Crippen LogP contribution < -0.4 is 0 Å². The summed E-state index contributed by atoms with van der Waals surface area (Å²) in [7, 11) is 0.533. The molecule has 0 amide bonds. The van der Waals surface area contributed by atoms with Crippen LogP contribution in [0.15, 0.2) is 28.5 Å². The zero-order valence-corrected chi connectivity index (χ0v) is 10.6. The standard InChI is InChI=1S/C11H12ClNO2S/c1-13(2)6-8-7-16(14,15)11-4-3-9(12)5-10(8)11/h3-5,7H,6H2,1-2H3. The van der Waals surface area contributed by atoms with Crippen LogP contribution in [0.4, 0.5) is 0 Å². The van der Waals surface area contributed by atoms with Crippen molar-refractivity contribution in [3.05, 3.63) is 34.2 Å². The molecule has 1 aliphatic rings. The van der Waals surface area contributed by atoms with E-state index < -0.39 is 9.84 Å². The van der Waals surface area contributed by atoms with Gasteiger partial charge in [-0.1, -0.05) is 11.6 Å². The van der Waals surface area contributed by atoms with E-state index in [1.165, 1.54) is 5.41 Å². The third kappa shape index (κ3) is 2.00. The first-order valence-corrected chi connectivity index (χ1v) is 6.73. The molecule has 0 radical (unpaired) electrons. The number of likely N-dealkylation sites (N-methyl/N-ethyl adjacent to an activating group) is 1. The van der Waals surface area contributed by atoms with E-state index in [9.17, 15) is 8.42 Å². The number of halogens is 1. The Morgan fingerprint density at radius 3 is 2.62 bits per heavy atom. The Balaban J connectivity index is 2.57. The SMILES string of the molecule is CN(C)CC1=CS(=O)(=O)c2ccc(Cl)cc21. The van der Waals surface area contributed by atoms with Crippen molar-refractivity contribution < 1.29 is 8.42 Å². The maximum atomic E-state index is 11.8. The molecule has 1 heterocycles. The molecule has 0 N–H and O–H groups in total. The van der Waals surface area contributed by atoms with Crippen LogP contribution in [-0.2, 0) is 9.84 Å². The summed E-state index contributed by atoms with van der Waals surface area (Å²) in [6.45, 7) is 0.590. The lowest BCUT2D eigenvalue weighted by Crippen LogP contribution is -2.13. The van der Waals surface area contributed by atoms with Gasteiger partial charge in [-0.15, -0.1) is 0 Å². The molecular weight excluding hydrogens is 246 g/mol. The molecule has 86 valence electrons. The fourth-order valence-corrected chi connectivity index (χ4v) is 3.41. The second kappa shape index (κ2) is 3.87. The number of hydrogen-bond donors (Lipinski definition) is 0. The van der Waals surface area contributed by atoms with Crippen LogP contribution in [0.2, 0.25) is 5.02 Å². The molecule has 0 saturated carbocycles. The van der Waals surface area contributed by atoms with Crippen LogP contribution in [0.25, 0.3) is 5.57 Å². The maximum Gasteiger partial charge on any atom is 0.200 e. The lowest BCUT2D eigenvalue weighted by molar-refractivity contribution is 0.463. The molecule has 3 nitrogen and oxygen atoms in total. The minimum Gasteiger partial charge on any atom is -0.305 e. The first kappa shape index (κ1) is 11.6. The van der Waals surface area contributed by atoms with Crippen molar-refractivity contribution in [1.82, 2.24) is 4.90 Å². The quantitative estimate of drug-likeness (QED) is 0.814. The Morgan fingerprint density at radius 1 is 1.31 bits per heavy atom. The molecule has 2 rings (SSSR count). The molecule has 0 bridgehead atoms. The van der Waals surface area contributed by atoms with Gasteiger partial charge in [0.25, 0.3) is 0 Å². The van der Waals surface area contributed by atoms with Gasteiger partial charge in [0.05, 0.1) is 4.90 Å². The van der Waals surface area contributed by atoms with Crippen molar-refractivity contribution in [3.8, 4) is 0 Å². The summed E-state index contributed by atoms with van der Waals surface area (Å²) in [6.07, 6.45) is 0. The largest absolute Gasteiger partial charge is 0.305 e. The smallest absolute Gasteiger partial charge is 0.200 e. The summed E-state index contributed by atoms with van der Waals surface area (Å²) in [4.78, 5) is 2.28. The molecule has 0 aromatic heterocycles. The summed E-state index contributed by atoms with van der Waals surface area (Å²) in [5, 5.41) is 1.88. The highest BCUT2D eigenvalue weighted by atomic mass is 35.5. The van der Waals surface area contributed by atoms with E-state index in [-0.39, 0.29) is 0 Å². The third-order valence-electron chi connectivity index (χ3n) is 2.38. The lowest BCUT2D eigenvalue weighted by atomic mass is 10.1.